The molecule has 0 saturated carbocycles. The average molecular weight is 404 g/mol. The number of carbonyl (C=O) groups excluding carboxylic acids is 1. The molecular formula is C24H20O6. The van der Waals surface area contributed by atoms with Crippen LogP contribution >= 0.6 is 0 Å². The second-order valence-electron chi connectivity index (χ2n) is 6.76. The summed E-state index contributed by atoms with van der Waals surface area (Å²) in [5.74, 6) is 1.72. The largest absolute Gasteiger partial charge is 0.493 e. The van der Waals surface area contributed by atoms with Gasteiger partial charge in [-0.25, -0.2) is 4.79 Å². The van der Waals surface area contributed by atoms with Crippen LogP contribution < -0.4 is 14.9 Å². The molecule has 2 aromatic carbocycles. The summed E-state index contributed by atoms with van der Waals surface area (Å²) in [5, 5.41) is 1.21. The molecule has 2 heterocycles. The van der Waals surface area contributed by atoms with Crippen LogP contribution in [0.25, 0.3) is 21.9 Å². The zero-order chi connectivity index (χ0) is 21.3. The van der Waals surface area contributed by atoms with Crippen LogP contribution in [0.2, 0.25) is 0 Å². The van der Waals surface area contributed by atoms with E-state index < -0.39 is 5.97 Å². The second kappa shape index (κ2) is 7.91. The van der Waals surface area contributed by atoms with E-state index in [0.717, 1.165) is 5.56 Å². The Morgan fingerprint density at radius 2 is 1.70 bits per heavy atom. The van der Waals surface area contributed by atoms with Crippen molar-refractivity contribution in [1.29, 1.82) is 0 Å². The minimum absolute atomic E-state index is 0.126. The van der Waals surface area contributed by atoms with Gasteiger partial charge in [0.15, 0.2) is 5.43 Å². The van der Waals surface area contributed by atoms with Gasteiger partial charge in [-0.1, -0.05) is 12.1 Å². The van der Waals surface area contributed by atoms with Crippen molar-refractivity contribution < 1.29 is 23.1 Å². The van der Waals surface area contributed by atoms with Crippen molar-refractivity contribution in [3.8, 4) is 22.6 Å². The fourth-order valence-corrected chi connectivity index (χ4v) is 3.45. The van der Waals surface area contributed by atoms with Crippen LogP contribution in [0.15, 0.2) is 68.4 Å². The zero-order valence-corrected chi connectivity index (χ0v) is 16.9. The summed E-state index contributed by atoms with van der Waals surface area (Å²) >= 11 is 0. The second-order valence-corrected chi connectivity index (χ2v) is 6.76. The first kappa shape index (κ1) is 19.5. The first-order chi connectivity index (χ1) is 14.5. The van der Waals surface area contributed by atoms with Crippen molar-refractivity contribution in [1.82, 2.24) is 0 Å². The minimum atomic E-state index is -0.576. The maximum atomic E-state index is 12.9. The average Bonchev–Trinajstić information content (AvgIpc) is 3.32. The van der Waals surface area contributed by atoms with Crippen LogP contribution in [0.5, 0.6) is 11.5 Å². The first-order valence-electron chi connectivity index (χ1n) is 9.55. The Morgan fingerprint density at radius 3 is 2.37 bits per heavy atom. The highest BCUT2D eigenvalue weighted by atomic mass is 16.5. The smallest absolute Gasteiger partial charge is 0.379 e. The Balaban J connectivity index is 1.74. The van der Waals surface area contributed by atoms with E-state index in [1.165, 1.54) is 12.3 Å². The molecule has 0 aliphatic rings. The summed E-state index contributed by atoms with van der Waals surface area (Å²) < 4.78 is 21.8. The van der Waals surface area contributed by atoms with Gasteiger partial charge in [0.2, 0.25) is 5.76 Å². The fraction of sp³-hybridized carbons (Fsp3) is 0.167. The number of esters is 1. The molecule has 2 aromatic heterocycles. The van der Waals surface area contributed by atoms with Crippen molar-refractivity contribution in [2.45, 2.75) is 20.8 Å². The number of ether oxygens (including phenoxy) is 2. The quantitative estimate of drug-likeness (QED) is 0.332. The normalized spacial score (nSPS) is 10.9. The molecule has 0 saturated heterocycles. The van der Waals surface area contributed by atoms with Crippen molar-refractivity contribution >= 4 is 16.7 Å². The van der Waals surface area contributed by atoms with E-state index in [2.05, 4.69) is 0 Å². The Morgan fingerprint density at radius 1 is 0.967 bits per heavy atom. The topological polar surface area (TPSA) is 78.9 Å². The molecule has 0 radical (unpaired) electrons. The number of fused-ring (bicyclic) bond motifs is 1. The number of aryl methyl sites for hydroxylation is 2. The van der Waals surface area contributed by atoms with Gasteiger partial charge in [0.25, 0.3) is 0 Å². The maximum absolute atomic E-state index is 12.9. The summed E-state index contributed by atoms with van der Waals surface area (Å²) in [6, 6.07) is 13.4. The van der Waals surface area contributed by atoms with Gasteiger partial charge in [-0.05, 0) is 68.3 Å². The molecule has 0 spiro atoms. The number of rotatable bonds is 5. The number of hydrogen-bond acceptors (Lipinski definition) is 6. The predicted molar refractivity (Wildman–Crippen MR) is 112 cm³/mol. The number of furan rings is 2. The summed E-state index contributed by atoms with van der Waals surface area (Å²) in [4.78, 5) is 24.9. The van der Waals surface area contributed by atoms with Crippen LogP contribution in [0.4, 0.5) is 0 Å². The highest BCUT2D eigenvalue weighted by Gasteiger charge is 2.16. The number of benzene rings is 1. The van der Waals surface area contributed by atoms with Crippen molar-refractivity contribution in [2.75, 3.05) is 6.61 Å². The lowest BCUT2D eigenvalue weighted by molar-refractivity contribution is 0.0701. The SMILES string of the molecule is CCOc1cc(-c2ccc(OC(=O)c3ccco3)cc2)cc(=O)c2c(C)oc(C)c12. The monoisotopic (exact) mass is 404 g/mol. The Bertz CT molecular complexity index is 1260. The lowest BCUT2D eigenvalue weighted by atomic mass is 10.1. The van der Waals surface area contributed by atoms with Gasteiger partial charge in [-0.15, -0.1) is 0 Å². The lowest BCUT2D eigenvalue weighted by Gasteiger charge is -2.06. The fourth-order valence-electron chi connectivity index (χ4n) is 3.45. The molecule has 6 nitrogen and oxygen atoms in total. The molecule has 0 aliphatic heterocycles. The van der Waals surface area contributed by atoms with E-state index in [-0.39, 0.29) is 11.2 Å². The molecule has 0 N–H and O–H groups in total. The van der Waals surface area contributed by atoms with E-state index in [1.807, 2.05) is 19.9 Å². The molecule has 0 bridgehead atoms. The summed E-state index contributed by atoms with van der Waals surface area (Å²) in [6.45, 7) is 5.94. The van der Waals surface area contributed by atoms with Crippen LogP contribution in [0.3, 0.4) is 0 Å². The van der Waals surface area contributed by atoms with Gasteiger partial charge in [0.05, 0.1) is 23.6 Å². The molecule has 4 aromatic rings. The van der Waals surface area contributed by atoms with Gasteiger partial charge in [-0.3, -0.25) is 4.79 Å². The maximum Gasteiger partial charge on any atom is 0.379 e. The van der Waals surface area contributed by atoms with E-state index in [4.69, 9.17) is 18.3 Å². The third kappa shape index (κ3) is 3.59. The molecule has 0 aliphatic carbocycles. The Labute approximate surface area is 172 Å². The van der Waals surface area contributed by atoms with E-state index in [1.54, 1.807) is 43.3 Å². The third-order valence-corrected chi connectivity index (χ3v) is 4.75. The van der Waals surface area contributed by atoms with Crippen LogP contribution in [0.1, 0.15) is 29.0 Å². The highest BCUT2D eigenvalue weighted by Crippen LogP contribution is 2.33. The standard InChI is InChI=1S/C24H20O6/c1-4-27-21-13-17(12-19(25)22-14(2)29-15(3)23(21)22)16-7-9-18(10-8-16)30-24(26)20-6-5-11-28-20/h5-13H,4H2,1-3H3. The molecule has 30 heavy (non-hydrogen) atoms. The number of carbonyl (C=O) groups is 1. The van der Waals surface area contributed by atoms with Crippen LogP contribution in [-0.4, -0.2) is 12.6 Å². The van der Waals surface area contributed by atoms with Crippen molar-refractivity contribution in [3.05, 3.63) is 82.3 Å². The number of hydrogen-bond donors (Lipinski definition) is 0. The summed E-state index contributed by atoms with van der Waals surface area (Å²) in [7, 11) is 0. The third-order valence-electron chi connectivity index (χ3n) is 4.75. The molecule has 6 heteroatoms. The van der Waals surface area contributed by atoms with E-state index >= 15 is 0 Å². The Hall–Kier alpha value is -3.80. The molecule has 152 valence electrons. The van der Waals surface area contributed by atoms with Crippen LogP contribution in [-0.2, 0) is 0 Å². The lowest BCUT2D eigenvalue weighted by Crippen LogP contribution is -2.06. The summed E-state index contributed by atoms with van der Waals surface area (Å²) in [6.07, 6.45) is 1.41. The van der Waals surface area contributed by atoms with Gasteiger partial charge >= 0.3 is 5.97 Å². The van der Waals surface area contributed by atoms with Crippen molar-refractivity contribution in [2.24, 2.45) is 0 Å². The zero-order valence-electron chi connectivity index (χ0n) is 16.9. The molecule has 4 rings (SSSR count). The molecule has 0 atom stereocenters. The van der Waals surface area contributed by atoms with E-state index in [0.29, 0.717) is 46.0 Å². The van der Waals surface area contributed by atoms with E-state index in [9.17, 15) is 9.59 Å². The molecule has 0 amide bonds. The van der Waals surface area contributed by atoms with Gasteiger partial charge in [0.1, 0.15) is 23.0 Å². The minimum Gasteiger partial charge on any atom is -0.493 e. The predicted octanol–water partition coefficient (Wildman–Crippen LogP) is 5.29. The van der Waals surface area contributed by atoms with Gasteiger partial charge in [-0.2, -0.15) is 0 Å². The van der Waals surface area contributed by atoms with Crippen LogP contribution in [0, 0.1) is 13.8 Å². The van der Waals surface area contributed by atoms with Gasteiger partial charge < -0.3 is 18.3 Å². The van der Waals surface area contributed by atoms with Crippen molar-refractivity contribution in [3.63, 3.8) is 0 Å². The highest BCUT2D eigenvalue weighted by molar-refractivity contribution is 5.93. The molecule has 0 unspecified atom stereocenters. The molecular weight excluding hydrogens is 384 g/mol. The first-order valence-corrected chi connectivity index (χ1v) is 9.55. The molecule has 0 fully saturated rings. The summed E-state index contributed by atoms with van der Waals surface area (Å²) in [5.41, 5.74) is 1.34. The Kier molecular flexibility index (Phi) is 5.14. The van der Waals surface area contributed by atoms with Gasteiger partial charge in [0, 0.05) is 0 Å².